The fourth-order valence-corrected chi connectivity index (χ4v) is 1.81. The number of nitro groups is 1. The summed E-state index contributed by atoms with van der Waals surface area (Å²) in [4.78, 5) is 9.99. The minimum absolute atomic E-state index is 0.160. The van der Waals surface area contributed by atoms with Crippen molar-refractivity contribution in [3.63, 3.8) is 0 Å². The van der Waals surface area contributed by atoms with Gasteiger partial charge in [0.1, 0.15) is 0 Å². The van der Waals surface area contributed by atoms with Crippen LogP contribution in [0.4, 0.5) is 11.4 Å². The zero-order chi connectivity index (χ0) is 13.0. The Morgan fingerprint density at radius 3 is 2.41 bits per heavy atom. The minimum atomic E-state index is -0.567. The van der Waals surface area contributed by atoms with Crippen LogP contribution < -0.4 is 5.32 Å². The Bertz CT molecular complexity index is 403. The Morgan fingerprint density at radius 2 is 2.00 bits per heavy atom. The number of nitrogens with zero attached hydrogens (tertiary/aromatic N) is 1. The van der Waals surface area contributed by atoms with Gasteiger partial charge in [-0.05, 0) is 6.42 Å². The second-order valence-corrected chi connectivity index (χ2v) is 4.30. The van der Waals surface area contributed by atoms with E-state index in [4.69, 9.17) is 23.2 Å². The van der Waals surface area contributed by atoms with Crippen LogP contribution in [-0.4, -0.2) is 22.7 Å². The van der Waals surface area contributed by atoms with Gasteiger partial charge in [-0.3, -0.25) is 10.1 Å². The van der Waals surface area contributed by atoms with E-state index in [2.05, 4.69) is 5.32 Å². The molecule has 0 fully saturated rings. The van der Waals surface area contributed by atoms with Gasteiger partial charge in [-0.2, -0.15) is 0 Å². The smallest absolute Gasteiger partial charge is 0.272 e. The van der Waals surface area contributed by atoms with Gasteiger partial charge < -0.3 is 10.4 Å². The summed E-state index contributed by atoms with van der Waals surface area (Å²) in [5, 5.41) is 23.1. The molecule has 0 spiro atoms. The highest BCUT2D eigenvalue weighted by atomic mass is 35.5. The molecule has 1 aromatic carbocycles. The normalized spacial score (nSPS) is 12.2. The molecular weight excluding hydrogens is 267 g/mol. The van der Waals surface area contributed by atoms with Gasteiger partial charge in [-0.15, -0.1) is 0 Å². The molecule has 1 unspecified atom stereocenters. The highest BCUT2D eigenvalue weighted by molar-refractivity contribution is 6.39. The quantitative estimate of drug-likeness (QED) is 0.641. The predicted molar refractivity (Wildman–Crippen MR) is 67.9 cm³/mol. The van der Waals surface area contributed by atoms with Crippen LogP contribution in [-0.2, 0) is 0 Å². The van der Waals surface area contributed by atoms with Gasteiger partial charge in [0.15, 0.2) is 0 Å². The number of aliphatic hydroxyl groups excluding tert-OH is 1. The second kappa shape index (κ2) is 6.05. The third kappa shape index (κ3) is 3.73. The number of nitrogens with one attached hydrogen (secondary N) is 1. The highest BCUT2D eigenvalue weighted by Gasteiger charge is 2.14. The summed E-state index contributed by atoms with van der Waals surface area (Å²) in [6.45, 7) is 2.12. The maximum atomic E-state index is 10.6. The lowest BCUT2D eigenvalue weighted by Crippen LogP contribution is -2.18. The molecule has 0 amide bonds. The molecule has 1 rings (SSSR count). The van der Waals surface area contributed by atoms with Crippen LogP contribution in [0.15, 0.2) is 12.1 Å². The molecule has 0 aliphatic rings. The lowest BCUT2D eigenvalue weighted by atomic mass is 10.2. The van der Waals surface area contributed by atoms with Crippen molar-refractivity contribution in [2.45, 2.75) is 19.4 Å². The van der Waals surface area contributed by atoms with Crippen LogP contribution in [0.5, 0.6) is 0 Å². The van der Waals surface area contributed by atoms with E-state index in [9.17, 15) is 15.2 Å². The summed E-state index contributed by atoms with van der Waals surface area (Å²) in [6, 6.07) is 2.43. The Hall–Kier alpha value is -1.04. The summed E-state index contributed by atoms with van der Waals surface area (Å²) in [5.41, 5.74) is 0.230. The Labute approximate surface area is 108 Å². The summed E-state index contributed by atoms with van der Waals surface area (Å²) < 4.78 is 0. The summed E-state index contributed by atoms with van der Waals surface area (Å²) in [6.07, 6.45) is 0.0761. The van der Waals surface area contributed by atoms with Crippen LogP contribution in [0.25, 0.3) is 0 Å². The van der Waals surface area contributed by atoms with E-state index >= 15 is 0 Å². The van der Waals surface area contributed by atoms with Crippen molar-refractivity contribution in [2.75, 3.05) is 11.9 Å². The first-order valence-electron chi connectivity index (χ1n) is 5.01. The third-order valence-electron chi connectivity index (χ3n) is 2.22. The molecule has 0 aliphatic carbocycles. The van der Waals surface area contributed by atoms with E-state index in [-0.39, 0.29) is 22.3 Å². The van der Waals surface area contributed by atoms with Crippen LogP contribution in [0.3, 0.4) is 0 Å². The van der Waals surface area contributed by atoms with E-state index < -0.39 is 11.0 Å². The predicted octanol–water partition coefficient (Wildman–Crippen LogP) is 3.08. The van der Waals surface area contributed by atoms with Gasteiger partial charge >= 0.3 is 0 Å². The van der Waals surface area contributed by atoms with Crippen molar-refractivity contribution in [1.82, 2.24) is 0 Å². The number of anilines is 1. The summed E-state index contributed by atoms with van der Waals surface area (Å²) >= 11 is 11.7. The first-order chi connectivity index (χ1) is 7.95. The van der Waals surface area contributed by atoms with Gasteiger partial charge in [0.25, 0.3) is 5.69 Å². The number of halogens is 2. The average molecular weight is 279 g/mol. The van der Waals surface area contributed by atoms with Crippen molar-refractivity contribution in [3.8, 4) is 0 Å². The summed E-state index contributed by atoms with van der Waals surface area (Å²) in [7, 11) is 0. The van der Waals surface area contributed by atoms with Crippen molar-refractivity contribution >= 4 is 34.6 Å². The van der Waals surface area contributed by atoms with Crippen LogP contribution in [0.1, 0.15) is 13.3 Å². The van der Waals surface area contributed by atoms with E-state index in [1.54, 1.807) is 0 Å². The Morgan fingerprint density at radius 1 is 1.47 bits per heavy atom. The van der Waals surface area contributed by atoms with E-state index in [1.165, 1.54) is 12.1 Å². The zero-order valence-electron chi connectivity index (χ0n) is 9.11. The molecule has 0 saturated carbocycles. The van der Waals surface area contributed by atoms with Crippen molar-refractivity contribution < 1.29 is 10.0 Å². The van der Waals surface area contributed by atoms with Crippen LogP contribution >= 0.6 is 23.2 Å². The molecule has 0 aliphatic heterocycles. The maximum absolute atomic E-state index is 10.6. The van der Waals surface area contributed by atoms with E-state index in [0.29, 0.717) is 12.1 Å². The number of benzene rings is 1. The molecule has 94 valence electrons. The van der Waals surface area contributed by atoms with E-state index in [1.807, 2.05) is 6.92 Å². The lowest BCUT2D eigenvalue weighted by Gasteiger charge is -2.13. The fraction of sp³-hybridized carbons (Fsp3) is 0.400. The van der Waals surface area contributed by atoms with Crippen molar-refractivity contribution in [1.29, 1.82) is 0 Å². The van der Waals surface area contributed by atoms with E-state index in [0.717, 1.165) is 0 Å². The molecule has 5 nitrogen and oxygen atoms in total. The molecule has 0 bridgehead atoms. The highest BCUT2D eigenvalue weighted by Crippen LogP contribution is 2.34. The number of hydrogen-bond acceptors (Lipinski definition) is 4. The average Bonchev–Trinajstić information content (AvgIpc) is 2.27. The fourth-order valence-electron chi connectivity index (χ4n) is 1.20. The molecule has 1 atom stereocenters. The van der Waals surface area contributed by atoms with Crippen molar-refractivity contribution in [2.24, 2.45) is 0 Å². The monoisotopic (exact) mass is 278 g/mol. The van der Waals surface area contributed by atoms with Gasteiger partial charge in [-0.25, -0.2) is 0 Å². The molecule has 0 aromatic heterocycles. The number of aliphatic hydroxyl groups is 1. The van der Waals surface area contributed by atoms with Gasteiger partial charge in [0.05, 0.1) is 26.8 Å². The van der Waals surface area contributed by atoms with Crippen LogP contribution in [0.2, 0.25) is 10.0 Å². The molecule has 0 saturated heterocycles. The first kappa shape index (κ1) is 14.0. The van der Waals surface area contributed by atoms with Gasteiger partial charge in [0.2, 0.25) is 0 Å². The molecule has 0 heterocycles. The molecule has 2 N–H and O–H groups in total. The number of nitro benzene ring substituents is 1. The van der Waals surface area contributed by atoms with Gasteiger partial charge in [0, 0.05) is 18.7 Å². The van der Waals surface area contributed by atoms with Crippen LogP contribution in [0, 0.1) is 10.1 Å². The molecule has 1 aromatic rings. The second-order valence-electron chi connectivity index (χ2n) is 3.48. The molecule has 17 heavy (non-hydrogen) atoms. The number of non-ortho nitro benzene ring substituents is 1. The Kier molecular flexibility index (Phi) is 4.99. The molecule has 7 heteroatoms. The zero-order valence-corrected chi connectivity index (χ0v) is 10.6. The minimum Gasteiger partial charge on any atom is -0.391 e. The lowest BCUT2D eigenvalue weighted by molar-refractivity contribution is -0.384. The largest absolute Gasteiger partial charge is 0.391 e. The number of hydrogen-bond donors (Lipinski definition) is 2. The molecular formula is C10H12Cl2N2O3. The van der Waals surface area contributed by atoms with Crippen molar-refractivity contribution in [3.05, 3.63) is 32.3 Å². The Balaban J connectivity index is 2.90. The maximum Gasteiger partial charge on any atom is 0.272 e. The third-order valence-corrected chi connectivity index (χ3v) is 2.82. The standard InChI is InChI=1S/C10H12Cl2N2O3/c1-2-7(15)5-13-10-8(11)3-6(14(16)17)4-9(10)12/h3-4,7,13,15H,2,5H2,1H3. The summed E-state index contributed by atoms with van der Waals surface area (Å²) in [5.74, 6) is 0. The number of rotatable bonds is 5. The SMILES string of the molecule is CCC(O)CNc1c(Cl)cc([N+](=O)[O-])cc1Cl. The first-order valence-corrected chi connectivity index (χ1v) is 5.76. The topological polar surface area (TPSA) is 75.4 Å². The van der Waals surface area contributed by atoms with Gasteiger partial charge in [-0.1, -0.05) is 30.1 Å². The molecule has 0 radical (unpaired) electrons.